The normalized spacial score (nSPS) is 11.2. The molecule has 3 nitrogen and oxygen atoms in total. The molecule has 0 bridgehead atoms. The van der Waals surface area contributed by atoms with Crippen LogP contribution in [0.4, 0.5) is 0 Å². The topological polar surface area (TPSA) is 25.2 Å². The fraction of sp³-hybridized carbons (Fsp3) is 0.353. The minimum absolute atomic E-state index is 0.0348. The zero-order valence-corrected chi connectivity index (χ0v) is 14.3. The van der Waals surface area contributed by atoms with Crippen molar-refractivity contribution in [2.45, 2.75) is 37.8 Å². The van der Waals surface area contributed by atoms with E-state index in [1.165, 1.54) is 5.56 Å². The number of hydrogen-bond acceptors (Lipinski definition) is 1. The maximum Gasteiger partial charge on any atom is 0.256 e. The van der Waals surface area contributed by atoms with E-state index >= 15 is 0 Å². The molecule has 1 heterocycles. The fourth-order valence-electron chi connectivity index (χ4n) is 2.34. The van der Waals surface area contributed by atoms with Crippen LogP contribution in [0.25, 0.3) is 0 Å². The fourth-order valence-corrected chi connectivity index (χ4v) is 2.59. The maximum atomic E-state index is 12.1. The van der Waals surface area contributed by atoms with Crippen LogP contribution < -0.4 is 0 Å². The summed E-state index contributed by atoms with van der Waals surface area (Å²) in [4.78, 5) is 12.8. The van der Waals surface area contributed by atoms with Gasteiger partial charge in [0.25, 0.3) is 5.91 Å². The molecular formula is C17H20Cl2N2O. The number of benzene rings is 1. The van der Waals surface area contributed by atoms with Crippen molar-refractivity contribution in [2.75, 3.05) is 0 Å². The number of carbonyl (C=O) groups excluding carboxylic acids is 1. The highest BCUT2D eigenvalue weighted by atomic mass is 35.5. The summed E-state index contributed by atoms with van der Waals surface area (Å²) >= 11 is 11.5. The van der Waals surface area contributed by atoms with Gasteiger partial charge < -0.3 is 9.47 Å². The minimum Gasteiger partial charge on any atom is -0.345 e. The van der Waals surface area contributed by atoms with Crippen molar-refractivity contribution in [3.05, 3.63) is 59.9 Å². The molecule has 0 saturated heterocycles. The van der Waals surface area contributed by atoms with Crippen molar-refractivity contribution in [1.82, 2.24) is 9.47 Å². The Balaban J connectivity index is 2.16. The molecule has 2 rings (SSSR count). The molecule has 1 aromatic heterocycles. The van der Waals surface area contributed by atoms with E-state index in [1.54, 1.807) is 4.90 Å². The monoisotopic (exact) mass is 338 g/mol. The Morgan fingerprint density at radius 1 is 1.14 bits per heavy atom. The first-order valence-corrected chi connectivity index (χ1v) is 8.13. The second-order valence-electron chi connectivity index (χ2n) is 5.47. The third-order valence-electron chi connectivity index (χ3n) is 3.54. The van der Waals surface area contributed by atoms with Gasteiger partial charge in [-0.1, -0.05) is 53.5 Å². The first kappa shape index (κ1) is 16.9. The van der Waals surface area contributed by atoms with Crippen LogP contribution in [-0.2, 0) is 17.9 Å². The van der Waals surface area contributed by atoms with Crippen molar-refractivity contribution < 1.29 is 4.79 Å². The van der Waals surface area contributed by atoms with E-state index in [0.717, 1.165) is 12.2 Å². The average molecular weight is 339 g/mol. The summed E-state index contributed by atoms with van der Waals surface area (Å²) in [6.07, 6.45) is 2.02. The highest BCUT2D eigenvalue weighted by Gasteiger charge is 2.23. The summed E-state index contributed by atoms with van der Waals surface area (Å²) in [5.74, 6) is -0.259. The van der Waals surface area contributed by atoms with Crippen LogP contribution in [0, 0.1) is 0 Å². The lowest BCUT2D eigenvalue weighted by molar-refractivity contribution is -0.131. The Morgan fingerprint density at radius 3 is 2.41 bits per heavy atom. The van der Waals surface area contributed by atoms with Gasteiger partial charge in [-0.25, -0.2) is 0 Å². The molecule has 1 aromatic carbocycles. The van der Waals surface area contributed by atoms with Crippen molar-refractivity contribution in [3.8, 4) is 0 Å². The van der Waals surface area contributed by atoms with Crippen molar-refractivity contribution >= 4 is 29.1 Å². The molecule has 2 aromatic rings. The van der Waals surface area contributed by atoms with Crippen LogP contribution in [-0.4, -0.2) is 26.3 Å². The Bertz CT molecular complexity index is 608. The standard InChI is InChI=1S/C17H20Cl2N2O/c1-13(2)21(17(22)16(18)19)12-15-9-6-10-20(15)11-14-7-4-3-5-8-14/h3-10,13,16H,11-12H2,1-2H3. The molecule has 0 saturated carbocycles. The maximum absolute atomic E-state index is 12.1. The Kier molecular flexibility index (Phi) is 5.92. The SMILES string of the molecule is CC(C)N(Cc1cccn1Cc1ccccc1)C(=O)C(Cl)Cl. The van der Waals surface area contributed by atoms with Crippen LogP contribution in [0.15, 0.2) is 48.7 Å². The number of halogens is 2. The van der Waals surface area contributed by atoms with Crippen LogP contribution >= 0.6 is 23.2 Å². The minimum atomic E-state index is -1.03. The zero-order valence-electron chi connectivity index (χ0n) is 12.7. The predicted octanol–water partition coefficient (Wildman–Crippen LogP) is 4.08. The predicted molar refractivity (Wildman–Crippen MR) is 91.2 cm³/mol. The summed E-state index contributed by atoms with van der Waals surface area (Å²) in [6.45, 7) is 5.18. The van der Waals surface area contributed by atoms with Gasteiger partial charge in [0, 0.05) is 24.5 Å². The summed E-state index contributed by atoms with van der Waals surface area (Å²) in [6, 6.07) is 14.3. The van der Waals surface area contributed by atoms with Gasteiger partial charge in [-0.3, -0.25) is 4.79 Å². The van der Waals surface area contributed by atoms with E-state index in [4.69, 9.17) is 23.2 Å². The first-order chi connectivity index (χ1) is 10.5. The van der Waals surface area contributed by atoms with Gasteiger partial charge in [0.1, 0.15) is 0 Å². The van der Waals surface area contributed by atoms with E-state index in [-0.39, 0.29) is 11.9 Å². The molecule has 0 aliphatic carbocycles. The van der Waals surface area contributed by atoms with Gasteiger partial charge in [0.05, 0.1) is 6.54 Å². The molecule has 22 heavy (non-hydrogen) atoms. The molecule has 0 aliphatic rings. The number of aromatic nitrogens is 1. The quantitative estimate of drug-likeness (QED) is 0.728. The lowest BCUT2D eigenvalue weighted by Gasteiger charge is -2.28. The molecular weight excluding hydrogens is 319 g/mol. The molecule has 0 N–H and O–H groups in total. The summed E-state index contributed by atoms with van der Waals surface area (Å²) in [5.41, 5.74) is 2.27. The van der Waals surface area contributed by atoms with E-state index in [2.05, 4.69) is 16.7 Å². The molecule has 118 valence electrons. The second kappa shape index (κ2) is 7.70. The molecule has 0 aliphatic heterocycles. The summed E-state index contributed by atoms with van der Waals surface area (Å²) in [7, 11) is 0. The van der Waals surface area contributed by atoms with E-state index in [9.17, 15) is 4.79 Å². The molecule has 0 atom stereocenters. The number of carbonyl (C=O) groups is 1. The van der Waals surface area contributed by atoms with Crippen LogP contribution in [0.1, 0.15) is 25.1 Å². The van der Waals surface area contributed by atoms with Crippen molar-refractivity contribution in [3.63, 3.8) is 0 Å². The van der Waals surface area contributed by atoms with Crippen LogP contribution in [0.5, 0.6) is 0 Å². The van der Waals surface area contributed by atoms with Gasteiger partial charge in [0.15, 0.2) is 4.84 Å². The largest absolute Gasteiger partial charge is 0.345 e. The van der Waals surface area contributed by atoms with E-state index in [0.29, 0.717) is 6.54 Å². The molecule has 1 amide bonds. The highest BCUT2D eigenvalue weighted by Crippen LogP contribution is 2.16. The lowest BCUT2D eigenvalue weighted by atomic mass is 10.2. The summed E-state index contributed by atoms with van der Waals surface area (Å²) in [5, 5.41) is 0. The molecule has 0 radical (unpaired) electrons. The third-order valence-corrected chi connectivity index (χ3v) is 3.92. The smallest absolute Gasteiger partial charge is 0.256 e. The third kappa shape index (κ3) is 4.28. The molecule has 5 heteroatoms. The van der Waals surface area contributed by atoms with Gasteiger partial charge in [-0.2, -0.15) is 0 Å². The van der Waals surface area contributed by atoms with Gasteiger partial charge >= 0.3 is 0 Å². The van der Waals surface area contributed by atoms with Gasteiger partial charge in [-0.15, -0.1) is 0 Å². The molecule has 0 unspecified atom stereocenters. The van der Waals surface area contributed by atoms with Gasteiger partial charge in [0.2, 0.25) is 0 Å². The van der Waals surface area contributed by atoms with Gasteiger partial charge in [-0.05, 0) is 31.5 Å². The number of amides is 1. The van der Waals surface area contributed by atoms with Crippen molar-refractivity contribution in [2.24, 2.45) is 0 Å². The molecule has 0 spiro atoms. The van der Waals surface area contributed by atoms with E-state index < -0.39 is 4.84 Å². The number of alkyl halides is 2. The van der Waals surface area contributed by atoms with Crippen LogP contribution in [0.2, 0.25) is 0 Å². The number of rotatable bonds is 6. The Hall–Kier alpha value is -1.45. The molecule has 0 fully saturated rings. The zero-order chi connectivity index (χ0) is 16.1. The Labute approximate surface area is 141 Å². The first-order valence-electron chi connectivity index (χ1n) is 7.25. The summed E-state index contributed by atoms with van der Waals surface area (Å²) < 4.78 is 2.13. The van der Waals surface area contributed by atoms with Crippen LogP contribution in [0.3, 0.4) is 0 Å². The average Bonchev–Trinajstić information content (AvgIpc) is 2.91. The highest BCUT2D eigenvalue weighted by molar-refractivity contribution is 6.53. The number of hydrogen-bond donors (Lipinski definition) is 0. The number of nitrogens with zero attached hydrogens (tertiary/aromatic N) is 2. The Morgan fingerprint density at radius 2 is 1.82 bits per heavy atom. The second-order valence-corrected chi connectivity index (χ2v) is 6.57. The van der Waals surface area contributed by atoms with E-state index in [1.807, 2.05) is 50.4 Å². The lowest BCUT2D eigenvalue weighted by Crippen LogP contribution is -2.40. The van der Waals surface area contributed by atoms with Crippen molar-refractivity contribution in [1.29, 1.82) is 0 Å².